The average molecular weight is 535 g/mol. The van der Waals surface area contributed by atoms with Crippen molar-refractivity contribution in [3.8, 4) is 11.5 Å². The van der Waals surface area contributed by atoms with E-state index in [1.807, 2.05) is 0 Å². The minimum atomic E-state index is -3.97. The van der Waals surface area contributed by atoms with Crippen LogP contribution in [0.25, 0.3) is 0 Å². The summed E-state index contributed by atoms with van der Waals surface area (Å²) in [5.74, 6) is -5.95. The molecule has 4 rings (SSSR count). The van der Waals surface area contributed by atoms with Crippen molar-refractivity contribution >= 4 is 29.1 Å². The van der Waals surface area contributed by atoms with Crippen LogP contribution in [0.4, 0.5) is 27.6 Å². The number of carbonyl (C=O) groups excluding carboxylic acids is 2. The fraction of sp³-hybridized carbons (Fsp3) is 0.455. The zero-order chi connectivity index (χ0) is 26.3. The van der Waals surface area contributed by atoms with Gasteiger partial charge in [0.25, 0.3) is 17.4 Å². The molecule has 2 aliphatic rings. The Morgan fingerprint density at radius 3 is 2.36 bits per heavy atom. The maximum Gasteiger partial charge on any atom is 0.586 e. The molecule has 1 aliphatic heterocycles. The molecule has 2 amide bonds. The number of rotatable bonds is 6. The van der Waals surface area contributed by atoms with Crippen molar-refractivity contribution in [2.45, 2.75) is 62.0 Å². The van der Waals surface area contributed by atoms with E-state index in [0.29, 0.717) is 4.90 Å². The van der Waals surface area contributed by atoms with Gasteiger partial charge in [-0.1, -0.05) is 11.6 Å². The van der Waals surface area contributed by atoms with Crippen LogP contribution in [0, 0.1) is 0 Å². The Balaban J connectivity index is 1.77. The van der Waals surface area contributed by atoms with E-state index in [1.54, 1.807) is 0 Å². The summed E-state index contributed by atoms with van der Waals surface area (Å²) in [6.07, 6.45) is -1.38. The van der Waals surface area contributed by atoms with Crippen LogP contribution in [0.2, 0.25) is 0 Å². The number of anilines is 1. The topological polar surface area (TPSA) is 93.7 Å². The second-order valence-corrected chi connectivity index (χ2v) is 8.96. The molecule has 14 heteroatoms. The lowest BCUT2D eigenvalue weighted by Crippen LogP contribution is -2.60. The van der Waals surface area contributed by atoms with Crippen molar-refractivity contribution in [2.24, 2.45) is 0 Å². The number of nitrogens with one attached hydrogen (secondary N) is 1. The third-order valence-corrected chi connectivity index (χ3v) is 6.30. The van der Waals surface area contributed by atoms with Crippen molar-refractivity contribution in [1.82, 2.24) is 15.3 Å². The molecule has 0 unspecified atom stereocenters. The molecule has 1 N–H and O–H groups in total. The van der Waals surface area contributed by atoms with Crippen molar-refractivity contribution in [1.29, 1.82) is 0 Å². The minimum Gasteiger partial charge on any atom is -0.395 e. The first kappa shape index (κ1) is 25.9. The second kappa shape index (κ2) is 9.34. The predicted octanol–water partition coefficient (Wildman–Crippen LogP) is 4.28. The van der Waals surface area contributed by atoms with Gasteiger partial charge in [-0.2, -0.15) is 0 Å². The molecular weight excluding hydrogens is 515 g/mol. The standard InChI is InChI=1S/C22H20ClF5N4O4/c1-20(12-9-29-11-30-10-12,19(34)31-13-4-6-21(25,26)7-5-13)32(18(33)17(23)24)14-2-3-15-16(8-14)36-22(27,28)35-15/h2-3,8-11,13,17H,4-7H2,1H3,(H,31,34)/t17-,20-/m0/s1. The van der Waals surface area contributed by atoms with Crippen LogP contribution in [0.5, 0.6) is 11.5 Å². The molecule has 2 heterocycles. The van der Waals surface area contributed by atoms with Crippen LogP contribution in [-0.4, -0.2) is 45.7 Å². The van der Waals surface area contributed by atoms with Gasteiger partial charge in [-0.3, -0.25) is 14.5 Å². The quantitative estimate of drug-likeness (QED) is 0.439. The average Bonchev–Trinajstić information content (AvgIpc) is 3.13. The Kier molecular flexibility index (Phi) is 6.71. The van der Waals surface area contributed by atoms with Crippen molar-refractivity contribution in [2.75, 3.05) is 4.90 Å². The molecule has 0 saturated heterocycles. The minimum absolute atomic E-state index is 0.0114. The third-order valence-electron chi connectivity index (χ3n) is 6.11. The van der Waals surface area contributed by atoms with Gasteiger partial charge < -0.3 is 14.8 Å². The number of hydrogen-bond donors (Lipinski definition) is 1. The van der Waals surface area contributed by atoms with E-state index >= 15 is 0 Å². The van der Waals surface area contributed by atoms with Gasteiger partial charge >= 0.3 is 6.29 Å². The number of halogens is 6. The van der Waals surface area contributed by atoms with Crippen LogP contribution in [-0.2, 0) is 15.1 Å². The summed E-state index contributed by atoms with van der Waals surface area (Å²) in [7, 11) is 0. The number of hydrogen-bond acceptors (Lipinski definition) is 6. The van der Waals surface area contributed by atoms with Gasteiger partial charge in [0.2, 0.25) is 5.92 Å². The summed E-state index contributed by atoms with van der Waals surface area (Å²) in [5, 5.41) is 2.64. The van der Waals surface area contributed by atoms with E-state index in [2.05, 4.69) is 24.8 Å². The highest BCUT2D eigenvalue weighted by Gasteiger charge is 2.49. The first-order valence-corrected chi connectivity index (χ1v) is 11.2. The Morgan fingerprint density at radius 1 is 1.14 bits per heavy atom. The maximum atomic E-state index is 14.2. The number of fused-ring (bicyclic) bond motifs is 1. The zero-order valence-corrected chi connectivity index (χ0v) is 19.4. The van der Waals surface area contributed by atoms with Crippen LogP contribution >= 0.6 is 11.6 Å². The number of amides is 2. The predicted molar refractivity (Wildman–Crippen MR) is 116 cm³/mol. The van der Waals surface area contributed by atoms with Gasteiger partial charge in [-0.15, -0.1) is 8.78 Å². The zero-order valence-electron chi connectivity index (χ0n) is 18.7. The van der Waals surface area contributed by atoms with Gasteiger partial charge in [-0.25, -0.2) is 23.1 Å². The number of carbonyl (C=O) groups is 2. The molecule has 0 bridgehead atoms. The van der Waals surface area contributed by atoms with Gasteiger partial charge in [-0.05, 0) is 31.9 Å². The normalized spacial score (nSPS) is 20.8. The molecule has 8 nitrogen and oxygen atoms in total. The van der Waals surface area contributed by atoms with Gasteiger partial charge in [0.05, 0.1) is 0 Å². The lowest BCUT2D eigenvalue weighted by molar-refractivity contribution is -0.286. The number of alkyl halides is 6. The SMILES string of the molecule is C[C@@](C(=O)NC1CCC(F)(F)CC1)(c1cncnc1)N(C(=O)[C@H](F)Cl)c1ccc2c(c1)OC(F)(F)O2. The van der Waals surface area contributed by atoms with E-state index < -0.39 is 59.8 Å². The maximum absolute atomic E-state index is 14.2. The molecular formula is C22H20ClF5N4O4. The Labute approximate surface area is 206 Å². The van der Waals surface area contributed by atoms with Crippen LogP contribution in [0.3, 0.4) is 0 Å². The lowest BCUT2D eigenvalue weighted by Gasteiger charge is -2.41. The van der Waals surface area contributed by atoms with E-state index in [9.17, 15) is 31.5 Å². The third kappa shape index (κ3) is 5.01. The number of aromatic nitrogens is 2. The first-order chi connectivity index (χ1) is 16.8. The molecule has 1 aromatic heterocycles. The highest BCUT2D eigenvalue weighted by molar-refractivity contribution is 6.32. The number of nitrogens with zero attached hydrogens (tertiary/aromatic N) is 3. The molecule has 2 aromatic rings. The second-order valence-electron chi connectivity index (χ2n) is 8.58. The highest BCUT2D eigenvalue weighted by Crippen LogP contribution is 2.45. The monoisotopic (exact) mass is 534 g/mol. The van der Waals surface area contributed by atoms with E-state index in [1.165, 1.54) is 19.3 Å². The van der Waals surface area contributed by atoms with Crippen LogP contribution in [0.1, 0.15) is 38.2 Å². The van der Waals surface area contributed by atoms with Gasteiger partial charge in [0.15, 0.2) is 17.0 Å². The first-order valence-electron chi connectivity index (χ1n) is 10.8. The molecule has 1 aliphatic carbocycles. The van der Waals surface area contributed by atoms with E-state index in [-0.39, 0.29) is 29.8 Å². The van der Waals surface area contributed by atoms with Crippen LogP contribution < -0.4 is 19.7 Å². The van der Waals surface area contributed by atoms with E-state index in [4.69, 9.17) is 11.6 Å². The highest BCUT2D eigenvalue weighted by atomic mass is 35.5. The lowest BCUT2D eigenvalue weighted by atomic mass is 9.87. The number of benzene rings is 1. The molecule has 0 spiro atoms. The molecule has 1 aromatic carbocycles. The molecule has 194 valence electrons. The summed E-state index contributed by atoms with van der Waals surface area (Å²) < 4.78 is 77.3. The summed E-state index contributed by atoms with van der Waals surface area (Å²) in [4.78, 5) is 35.1. The Bertz CT molecular complexity index is 1150. The van der Waals surface area contributed by atoms with Gasteiger partial charge in [0.1, 0.15) is 6.33 Å². The largest absolute Gasteiger partial charge is 0.586 e. The fourth-order valence-electron chi connectivity index (χ4n) is 4.20. The Morgan fingerprint density at radius 2 is 1.75 bits per heavy atom. The summed E-state index contributed by atoms with van der Waals surface area (Å²) in [6.45, 7) is 1.24. The Hall–Kier alpha value is -3.22. The molecule has 1 saturated carbocycles. The molecule has 2 atom stereocenters. The summed E-state index contributed by atoms with van der Waals surface area (Å²) >= 11 is 5.48. The molecule has 36 heavy (non-hydrogen) atoms. The van der Waals surface area contributed by atoms with E-state index in [0.717, 1.165) is 24.5 Å². The van der Waals surface area contributed by atoms with Crippen molar-refractivity contribution in [3.05, 3.63) is 42.5 Å². The smallest absolute Gasteiger partial charge is 0.395 e. The fourth-order valence-corrected chi connectivity index (χ4v) is 4.30. The summed E-state index contributed by atoms with van der Waals surface area (Å²) in [6, 6.07) is 2.49. The van der Waals surface area contributed by atoms with Crippen molar-refractivity contribution < 1.29 is 41.0 Å². The van der Waals surface area contributed by atoms with Crippen molar-refractivity contribution in [3.63, 3.8) is 0 Å². The van der Waals surface area contributed by atoms with Gasteiger partial charge in [0, 0.05) is 48.6 Å². The van der Waals surface area contributed by atoms with Crippen LogP contribution in [0.15, 0.2) is 36.9 Å². The number of ether oxygens (including phenoxy) is 2. The molecule has 1 fully saturated rings. The molecule has 0 radical (unpaired) electrons. The summed E-state index contributed by atoms with van der Waals surface area (Å²) in [5.41, 5.74) is -4.95.